The Bertz CT molecular complexity index is 1180. The van der Waals surface area contributed by atoms with E-state index in [4.69, 9.17) is 0 Å². The number of amides is 2. The third kappa shape index (κ3) is 2.41. The van der Waals surface area contributed by atoms with Crippen molar-refractivity contribution < 1.29 is 22.8 Å². The second kappa shape index (κ2) is 6.45. The molecule has 1 saturated heterocycles. The van der Waals surface area contributed by atoms with Crippen LogP contribution >= 0.6 is 0 Å². The highest BCUT2D eigenvalue weighted by atomic mass is 19.1. The van der Waals surface area contributed by atoms with Gasteiger partial charge in [-0.3, -0.25) is 9.59 Å². The SMILES string of the molecule is O=C(c1cc(F)cc(F)c1)N1CCN2C(=O)c3ccccc3C12c1ccc(F)cc1. The van der Waals surface area contributed by atoms with Gasteiger partial charge < -0.3 is 9.80 Å². The highest BCUT2D eigenvalue weighted by Crippen LogP contribution is 2.50. The van der Waals surface area contributed by atoms with Gasteiger partial charge in [0.2, 0.25) is 0 Å². The van der Waals surface area contributed by atoms with E-state index in [9.17, 15) is 22.8 Å². The van der Waals surface area contributed by atoms with Crippen LogP contribution in [0.4, 0.5) is 13.2 Å². The molecule has 3 aromatic rings. The molecule has 2 aliphatic heterocycles. The lowest BCUT2D eigenvalue weighted by Gasteiger charge is -2.40. The van der Waals surface area contributed by atoms with Crippen LogP contribution in [0, 0.1) is 17.5 Å². The van der Waals surface area contributed by atoms with Crippen molar-refractivity contribution in [2.75, 3.05) is 13.1 Å². The first-order valence-corrected chi connectivity index (χ1v) is 9.38. The van der Waals surface area contributed by atoms with Gasteiger partial charge in [0.1, 0.15) is 17.5 Å². The third-order valence-electron chi connectivity index (χ3n) is 5.71. The Morgan fingerprint density at radius 2 is 1.50 bits per heavy atom. The van der Waals surface area contributed by atoms with E-state index < -0.39 is 29.0 Å². The summed E-state index contributed by atoms with van der Waals surface area (Å²) in [5.41, 5.74) is 0.0491. The van der Waals surface area contributed by atoms with Crippen LogP contribution in [0.3, 0.4) is 0 Å². The number of fused-ring (bicyclic) bond motifs is 3. The summed E-state index contributed by atoms with van der Waals surface area (Å²) in [4.78, 5) is 29.5. The van der Waals surface area contributed by atoms with Crippen molar-refractivity contribution in [2.24, 2.45) is 0 Å². The molecule has 0 saturated carbocycles. The van der Waals surface area contributed by atoms with E-state index in [1.165, 1.54) is 29.2 Å². The first kappa shape index (κ1) is 18.4. The van der Waals surface area contributed by atoms with E-state index >= 15 is 0 Å². The highest BCUT2D eigenvalue weighted by molar-refractivity contribution is 6.03. The molecular weight excluding hydrogens is 393 g/mol. The molecule has 2 aliphatic rings. The molecule has 7 heteroatoms. The summed E-state index contributed by atoms with van der Waals surface area (Å²) in [6.45, 7) is 0.392. The summed E-state index contributed by atoms with van der Waals surface area (Å²) in [5, 5.41) is 0. The fraction of sp³-hybridized carbons (Fsp3) is 0.130. The van der Waals surface area contributed by atoms with Crippen LogP contribution in [0.25, 0.3) is 0 Å². The summed E-state index contributed by atoms with van der Waals surface area (Å²) in [6.07, 6.45) is 0. The largest absolute Gasteiger partial charge is 0.306 e. The summed E-state index contributed by atoms with van der Waals surface area (Å²) < 4.78 is 41.2. The van der Waals surface area contributed by atoms with Gasteiger partial charge in [-0.15, -0.1) is 0 Å². The molecule has 30 heavy (non-hydrogen) atoms. The molecule has 4 nitrogen and oxygen atoms in total. The Labute approximate surface area is 170 Å². The highest BCUT2D eigenvalue weighted by Gasteiger charge is 2.59. The monoisotopic (exact) mass is 408 g/mol. The second-order valence-corrected chi connectivity index (χ2v) is 7.30. The number of benzene rings is 3. The molecule has 3 aromatic carbocycles. The average Bonchev–Trinajstić information content (AvgIpc) is 3.23. The van der Waals surface area contributed by atoms with Crippen LogP contribution < -0.4 is 0 Å². The van der Waals surface area contributed by atoms with E-state index in [1.807, 2.05) is 0 Å². The van der Waals surface area contributed by atoms with Gasteiger partial charge in [-0.1, -0.05) is 30.3 Å². The van der Waals surface area contributed by atoms with Crippen molar-refractivity contribution in [3.05, 3.63) is 106 Å². The fourth-order valence-corrected chi connectivity index (χ4v) is 4.56. The van der Waals surface area contributed by atoms with Crippen molar-refractivity contribution in [1.82, 2.24) is 9.80 Å². The van der Waals surface area contributed by atoms with Crippen molar-refractivity contribution in [2.45, 2.75) is 5.66 Å². The predicted molar refractivity (Wildman–Crippen MR) is 102 cm³/mol. The smallest absolute Gasteiger partial charge is 0.256 e. The number of nitrogens with zero attached hydrogens (tertiary/aromatic N) is 2. The number of hydrogen-bond acceptors (Lipinski definition) is 2. The van der Waals surface area contributed by atoms with Gasteiger partial charge in [0, 0.05) is 41.4 Å². The lowest BCUT2D eigenvalue weighted by atomic mass is 9.89. The molecule has 5 rings (SSSR count). The quantitative estimate of drug-likeness (QED) is 0.645. The molecule has 2 heterocycles. The van der Waals surface area contributed by atoms with Gasteiger partial charge in [0.15, 0.2) is 5.66 Å². The minimum atomic E-state index is -1.32. The zero-order valence-corrected chi connectivity index (χ0v) is 15.6. The van der Waals surface area contributed by atoms with Gasteiger partial charge in [0.25, 0.3) is 11.8 Å². The maximum absolute atomic E-state index is 13.8. The zero-order chi connectivity index (χ0) is 21.0. The van der Waals surface area contributed by atoms with Crippen LogP contribution in [-0.2, 0) is 5.66 Å². The number of rotatable bonds is 2. The molecular formula is C23H15F3N2O2. The van der Waals surface area contributed by atoms with Crippen LogP contribution in [0.2, 0.25) is 0 Å². The number of carbonyl (C=O) groups is 2. The summed E-state index contributed by atoms with van der Waals surface area (Å²) in [7, 11) is 0. The van der Waals surface area contributed by atoms with E-state index in [0.717, 1.165) is 12.1 Å². The topological polar surface area (TPSA) is 40.6 Å². The summed E-state index contributed by atoms with van der Waals surface area (Å²) >= 11 is 0. The van der Waals surface area contributed by atoms with Gasteiger partial charge in [0.05, 0.1) is 0 Å². The number of halogens is 3. The Hall–Kier alpha value is -3.61. The van der Waals surface area contributed by atoms with E-state index in [-0.39, 0.29) is 24.6 Å². The number of hydrogen-bond donors (Lipinski definition) is 0. The van der Waals surface area contributed by atoms with Crippen molar-refractivity contribution in [1.29, 1.82) is 0 Å². The van der Waals surface area contributed by atoms with Crippen molar-refractivity contribution >= 4 is 11.8 Å². The lowest BCUT2D eigenvalue weighted by Crippen LogP contribution is -2.51. The first-order valence-electron chi connectivity index (χ1n) is 9.38. The Morgan fingerprint density at radius 1 is 0.833 bits per heavy atom. The van der Waals surface area contributed by atoms with E-state index in [2.05, 4.69) is 0 Å². The van der Waals surface area contributed by atoms with Crippen molar-refractivity contribution in [3.8, 4) is 0 Å². The zero-order valence-electron chi connectivity index (χ0n) is 15.6. The maximum atomic E-state index is 13.8. The molecule has 1 fully saturated rings. The minimum absolute atomic E-state index is 0.160. The molecule has 0 radical (unpaired) electrons. The predicted octanol–water partition coefficient (Wildman–Crippen LogP) is 3.92. The molecule has 150 valence electrons. The van der Waals surface area contributed by atoms with Crippen molar-refractivity contribution in [3.63, 3.8) is 0 Å². The molecule has 0 N–H and O–H groups in total. The fourth-order valence-electron chi connectivity index (χ4n) is 4.56. The Morgan fingerprint density at radius 3 is 2.20 bits per heavy atom. The molecule has 0 spiro atoms. The standard InChI is InChI=1S/C23H15F3N2O2/c24-16-7-5-15(6-8-16)23-20-4-2-1-3-19(20)22(30)28(23)10-9-27(23)21(29)14-11-17(25)13-18(26)12-14/h1-8,11-13H,9-10H2. The molecule has 0 aliphatic carbocycles. The number of carbonyl (C=O) groups excluding carboxylic acids is 2. The summed E-state index contributed by atoms with van der Waals surface area (Å²) in [5.74, 6) is -3.07. The molecule has 0 aromatic heterocycles. The molecule has 1 atom stereocenters. The van der Waals surface area contributed by atoms with E-state index in [0.29, 0.717) is 22.8 Å². The van der Waals surface area contributed by atoms with Crippen LogP contribution in [0.15, 0.2) is 66.7 Å². The Balaban J connectivity index is 1.75. The van der Waals surface area contributed by atoms with Crippen LogP contribution in [0.5, 0.6) is 0 Å². The Kier molecular flexibility index (Phi) is 3.96. The van der Waals surface area contributed by atoms with Crippen LogP contribution in [0.1, 0.15) is 31.8 Å². The minimum Gasteiger partial charge on any atom is -0.306 e. The van der Waals surface area contributed by atoms with Gasteiger partial charge in [-0.25, -0.2) is 13.2 Å². The molecule has 0 bridgehead atoms. The summed E-state index contributed by atoms with van der Waals surface area (Å²) in [6, 6.07) is 15.1. The normalized spacial score (nSPS) is 19.8. The average molecular weight is 408 g/mol. The maximum Gasteiger partial charge on any atom is 0.256 e. The lowest BCUT2D eigenvalue weighted by molar-refractivity contribution is 0.0374. The van der Waals surface area contributed by atoms with Gasteiger partial charge in [-0.2, -0.15) is 0 Å². The molecule has 1 unspecified atom stereocenters. The molecule has 2 amide bonds. The van der Waals surface area contributed by atoms with Gasteiger partial charge in [-0.05, 0) is 30.3 Å². The van der Waals surface area contributed by atoms with Gasteiger partial charge >= 0.3 is 0 Å². The second-order valence-electron chi connectivity index (χ2n) is 7.30. The third-order valence-corrected chi connectivity index (χ3v) is 5.71. The van der Waals surface area contributed by atoms with Crippen LogP contribution in [-0.4, -0.2) is 34.7 Å². The van der Waals surface area contributed by atoms with E-state index in [1.54, 1.807) is 29.2 Å². The first-order chi connectivity index (χ1) is 14.4.